The molecule has 1 aliphatic heterocycles. The number of nitrogens with zero attached hydrogens (tertiary/aromatic N) is 1. The summed E-state index contributed by atoms with van der Waals surface area (Å²) in [4.78, 5) is 4.27. The summed E-state index contributed by atoms with van der Waals surface area (Å²) in [6, 6.07) is 7.81. The molecule has 1 aromatic heterocycles. The van der Waals surface area contributed by atoms with Crippen LogP contribution in [0.15, 0.2) is 34.9 Å². The number of aryl methyl sites for hydroxylation is 1. The average molecular weight is 394 g/mol. The minimum atomic E-state index is 0.522. The van der Waals surface area contributed by atoms with E-state index in [0.29, 0.717) is 30.7 Å². The van der Waals surface area contributed by atoms with Crippen molar-refractivity contribution in [3.63, 3.8) is 0 Å². The SMILES string of the molecule is Cc1cc(NC(=S)NCc2ccc3c(c2)OCCO3)ncc1Br. The molecule has 0 saturated heterocycles. The Kier molecular flexibility index (Phi) is 4.97. The molecular formula is C16H16BrN3O2S. The Balaban J connectivity index is 1.57. The Bertz CT molecular complexity index is 739. The van der Waals surface area contributed by atoms with Gasteiger partial charge in [-0.1, -0.05) is 6.07 Å². The molecule has 0 fully saturated rings. The first-order valence-corrected chi connectivity index (χ1v) is 8.37. The van der Waals surface area contributed by atoms with Crippen LogP contribution in [0.2, 0.25) is 0 Å². The van der Waals surface area contributed by atoms with Gasteiger partial charge in [0.2, 0.25) is 0 Å². The zero-order chi connectivity index (χ0) is 16.2. The summed E-state index contributed by atoms with van der Waals surface area (Å²) in [6.07, 6.45) is 1.75. The van der Waals surface area contributed by atoms with Gasteiger partial charge < -0.3 is 20.1 Å². The summed E-state index contributed by atoms with van der Waals surface area (Å²) < 4.78 is 12.1. The molecule has 23 heavy (non-hydrogen) atoms. The first-order chi connectivity index (χ1) is 11.1. The molecule has 0 unspecified atom stereocenters. The lowest BCUT2D eigenvalue weighted by Crippen LogP contribution is -2.28. The number of thiocarbonyl (C=S) groups is 1. The number of anilines is 1. The second-order valence-electron chi connectivity index (χ2n) is 5.10. The summed E-state index contributed by atoms with van der Waals surface area (Å²) in [7, 11) is 0. The van der Waals surface area contributed by atoms with Gasteiger partial charge in [0.25, 0.3) is 0 Å². The molecule has 0 atom stereocenters. The van der Waals surface area contributed by atoms with Crippen molar-refractivity contribution in [1.82, 2.24) is 10.3 Å². The maximum atomic E-state index is 5.58. The van der Waals surface area contributed by atoms with E-state index in [1.54, 1.807) is 6.20 Å². The number of halogens is 1. The van der Waals surface area contributed by atoms with Gasteiger partial charge in [0.05, 0.1) is 0 Å². The van der Waals surface area contributed by atoms with Gasteiger partial charge >= 0.3 is 0 Å². The summed E-state index contributed by atoms with van der Waals surface area (Å²) in [6.45, 7) is 3.78. The van der Waals surface area contributed by atoms with Gasteiger partial charge in [0.15, 0.2) is 16.6 Å². The van der Waals surface area contributed by atoms with Crippen LogP contribution in [0.25, 0.3) is 0 Å². The zero-order valence-electron chi connectivity index (χ0n) is 12.6. The second-order valence-corrected chi connectivity index (χ2v) is 6.37. The lowest BCUT2D eigenvalue weighted by Gasteiger charge is -2.19. The Labute approximate surface area is 148 Å². The van der Waals surface area contributed by atoms with Crippen LogP contribution in [0.5, 0.6) is 11.5 Å². The van der Waals surface area contributed by atoms with E-state index in [1.165, 1.54) is 0 Å². The van der Waals surface area contributed by atoms with Crippen LogP contribution in [-0.4, -0.2) is 23.3 Å². The average Bonchev–Trinajstić information content (AvgIpc) is 2.56. The molecule has 0 aliphatic carbocycles. The highest BCUT2D eigenvalue weighted by Gasteiger charge is 2.11. The lowest BCUT2D eigenvalue weighted by atomic mass is 10.2. The van der Waals surface area contributed by atoms with Gasteiger partial charge in [0, 0.05) is 17.2 Å². The summed E-state index contributed by atoms with van der Waals surface area (Å²) >= 11 is 8.73. The number of pyridine rings is 1. The van der Waals surface area contributed by atoms with Gasteiger partial charge in [0.1, 0.15) is 19.0 Å². The van der Waals surface area contributed by atoms with Crippen molar-refractivity contribution in [3.05, 3.63) is 46.1 Å². The number of aromatic nitrogens is 1. The fourth-order valence-electron chi connectivity index (χ4n) is 2.15. The number of benzene rings is 1. The van der Waals surface area contributed by atoms with Crippen molar-refractivity contribution in [2.75, 3.05) is 18.5 Å². The van der Waals surface area contributed by atoms with Crippen molar-refractivity contribution in [2.24, 2.45) is 0 Å². The quantitative estimate of drug-likeness (QED) is 0.779. The predicted octanol–water partition coefficient (Wildman–Crippen LogP) is 3.41. The lowest BCUT2D eigenvalue weighted by molar-refractivity contribution is 0.171. The topological polar surface area (TPSA) is 55.4 Å². The third kappa shape index (κ3) is 4.11. The van der Waals surface area contributed by atoms with Gasteiger partial charge in [-0.3, -0.25) is 0 Å². The van der Waals surface area contributed by atoms with Crippen LogP contribution in [0.4, 0.5) is 5.82 Å². The molecule has 1 aliphatic rings. The van der Waals surface area contributed by atoms with Crippen LogP contribution in [-0.2, 0) is 6.54 Å². The van der Waals surface area contributed by atoms with E-state index >= 15 is 0 Å². The highest BCUT2D eigenvalue weighted by molar-refractivity contribution is 9.10. The molecular weight excluding hydrogens is 378 g/mol. The molecule has 3 rings (SSSR count). The van der Waals surface area contributed by atoms with Crippen molar-refractivity contribution < 1.29 is 9.47 Å². The molecule has 0 amide bonds. The van der Waals surface area contributed by atoms with Crippen LogP contribution in [0.1, 0.15) is 11.1 Å². The minimum absolute atomic E-state index is 0.522. The number of hydrogen-bond acceptors (Lipinski definition) is 4. The van der Waals surface area contributed by atoms with Crippen LogP contribution in [0, 0.1) is 6.92 Å². The van der Waals surface area contributed by atoms with E-state index in [0.717, 1.165) is 27.1 Å². The van der Waals surface area contributed by atoms with Gasteiger partial charge in [-0.2, -0.15) is 0 Å². The second kappa shape index (κ2) is 7.14. The fourth-order valence-corrected chi connectivity index (χ4v) is 2.54. The Hall–Kier alpha value is -1.86. The number of fused-ring (bicyclic) bond motifs is 1. The smallest absolute Gasteiger partial charge is 0.172 e. The Morgan fingerprint density at radius 1 is 1.26 bits per heavy atom. The molecule has 0 radical (unpaired) electrons. The summed E-state index contributed by atoms with van der Waals surface area (Å²) in [5, 5.41) is 6.76. The molecule has 2 aromatic rings. The third-order valence-corrected chi connectivity index (χ3v) is 4.42. The minimum Gasteiger partial charge on any atom is -0.486 e. The van der Waals surface area contributed by atoms with Crippen molar-refractivity contribution in [3.8, 4) is 11.5 Å². The van der Waals surface area contributed by atoms with Gasteiger partial charge in [-0.15, -0.1) is 0 Å². The van der Waals surface area contributed by atoms with E-state index in [-0.39, 0.29) is 0 Å². The van der Waals surface area contributed by atoms with E-state index in [1.807, 2.05) is 31.2 Å². The predicted molar refractivity (Wildman–Crippen MR) is 97.2 cm³/mol. The van der Waals surface area contributed by atoms with E-state index in [4.69, 9.17) is 21.7 Å². The maximum Gasteiger partial charge on any atom is 0.172 e. The van der Waals surface area contributed by atoms with Crippen LogP contribution < -0.4 is 20.1 Å². The van der Waals surface area contributed by atoms with Crippen LogP contribution in [0.3, 0.4) is 0 Å². The van der Waals surface area contributed by atoms with E-state index < -0.39 is 0 Å². The molecule has 2 N–H and O–H groups in total. The number of hydrogen-bond donors (Lipinski definition) is 2. The standard InChI is InChI=1S/C16H16BrN3O2S/c1-10-6-15(18-9-12(10)17)20-16(23)19-8-11-2-3-13-14(7-11)22-5-4-21-13/h2-3,6-7,9H,4-5,8H2,1H3,(H2,18,19,20,23). The molecule has 2 heterocycles. The number of ether oxygens (including phenoxy) is 2. The number of nitrogens with one attached hydrogen (secondary N) is 2. The monoisotopic (exact) mass is 393 g/mol. The Morgan fingerprint density at radius 2 is 2.04 bits per heavy atom. The molecule has 0 spiro atoms. The summed E-state index contributed by atoms with van der Waals surface area (Å²) in [5.41, 5.74) is 2.16. The molecule has 7 heteroatoms. The molecule has 5 nitrogen and oxygen atoms in total. The maximum absolute atomic E-state index is 5.58. The molecule has 120 valence electrons. The van der Waals surface area contributed by atoms with Crippen molar-refractivity contribution >= 4 is 39.1 Å². The van der Waals surface area contributed by atoms with Crippen molar-refractivity contribution in [1.29, 1.82) is 0 Å². The third-order valence-electron chi connectivity index (χ3n) is 3.35. The first-order valence-electron chi connectivity index (χ1n) is 7.17. The fraction of sp³-hybridized carbons (Fsp3) is 0.250. The number of rotatable bonds is 3. The molecule has 0 bridgehead atoms. The van der Waals surface area contributed by atoms with Gasteiger partial charge in [-0.05, 0) is 64.4 Å². The largest absolute Gasteiger partial charge is 0.486 e. The first kappa shape index (κ1) is 16.0. The highest BCUT2D eigenvalue weighted by Crippen LogP contribution is 2.30. The van der Waals surface area contributed by atoms with E-state index in [2.05, 4.69) is 31.5 Å². The highest BCUT2D eigenvalue weighted by atomic mass is 79.9. The van der Waals surface area contributed by atoms with Crippen LogP contribution >= 0.6 is 28.1 Å². The normalized spacial score (nSPS) is 12.6. The Morgan fingerprint density at radius 3 is 2.83 bits per heavy atom. The zero-order valence-corrected chi connectivity index (χ0v) is 15.0. The van der Waals surface area contributed by atoms with Gasteiger partial charge in [-0.25, -0.2) is 4.98 Å². The molecule has 1 aromatic carbocycles. The molecule has 0 saturated carbocycles. The summed E-state index contributed by atoms with van der Waals surface area (Å²) in [5.74, 6) is 2.28. The van der Waals surface area contributed by atoms with E-state index in [9.17, 15) is 0 Å². The van der Waals surface area contributed by atoms with Crippen molar-refractivity contribution in [2.45, 2.75) is 13.5 Å².